The van der Waals surface area contributed by atoms with Crippen LogP contribution in [0.3, 0.4) is 0 Å². The zero-order valence-electron chi connectivity index (χ0n) is 11.6. The second-order valence-corrected chi connectivity index (χ2v) is 6.70. The SMILES string of the molecule is COC1CCN(S(=O)(=O)c2c(NN)nc3ccccn23)C1. The number of anilines is 1. The maximum absolute atomic E-state index is 12.9. The summed E-state index contributed by atoms with van der Waals surface area (Å²) in [7, 11) is -2.11. The first-order chi connectivity index (χ1) is 10.1. The molecule has 3 N–H and O–H groups in total. The number of nitrogens with two attached hydrogens (primary N) is 1. The highest BCUT2D eigenvalue weighted by atomic mass is 32.2. The molecule has 0 aliphatic carbocycles. The molecule has 1 atom stereocenters. The number of rotatable bonds is 4. The fourth-order valence-electron chi connectivity index (χ4n) is 2.54. The van der Waals surface area contributed by atoms with Gasteiger partial charge in [0.15, 0.2) is 5.82 Å². The number of sulfonamides is 1. The minimum absolute atomic E-state index is 0.0531. The Hall–Kier alpha value is -1.68. The van der Waals surface area contributed by atoms with Crippen LogP contribution < -0.4 is 11.3 Å². The van der Waals surface area contributed by atoms with Crippen molar-refractivity contribution in [2.45, 2.75) is 17.6 Å². The number of hydrazine groups is 1. The van der Waals surface area contributed by atoms with Crippen molar-refractivity contribution >= 4 is 21.5 Å². The summed E-state index contributed by atoms with van der Waals surface area (Å²) in [4.78, 5) is 4.20. The molecule has 0 radical (unpaired) electrons. The van der Waals surface area contributed by atoms with E-state index in [1.807, 2.05) is 0 Å². The lowest BCUT2D eigenvalue weighted by Gasteiger charge is -2.16. The number of pyridine rings is 1. The molecular weight excluding hydrogens is 294 g/mol. The first-order valence-electron chi connectivity index (χ1n) is 6.54. The number of hydrogen-bond acceptors (Lipinski definition) is 6. The molecule has 114 valence electrons. The summed E-state index contributed by atoms with van der Waals surface area (Å²) < 4.78 is 33.9. The van der Waals surface area contributed by atoms with Crippen molar-refractivity contribution in [3.05, 3.63) is 24.4 Å². The number of nitrogen functional groups attached to an aromatic ring is 1. The molecule has 0 spiro atoms. The van der Waals surface area contributed by atoms with Gasteiger partial charge in [0.25, 0.3) is 10.0 Å². The summed E-state index contributed by atoms with van der Waals surface area (Å²) in [6.45, 7) is 0.758. The summed E-state index contributed by atoms with van der Waals surface area (Å²) in [6.07, 6.45) is 2.26. The molecule has 3 heterocycles. The number of nitrogens with one attached hydrogen (secondary N) is 1. The summed E-state index contributed by atoms with van der Waals surface area (Å²) in [5.41, 5.74) is 2.89. The lowest BCUT2D eigenvalue weighted by atomic mass is 10.3. The summed E-state index contributed by atoms with van der Waals surface area (Å²) in [5, 5.41) is 0.0531. The molecule has 1 aliphatic heterocycles. The average Bonchev–Trinajstić information content (AvgIpc) is 3.11. The fourth-order valence-corrected chi connectivity index (χ4v) is 4.25. The Morgan fingerprint density at radius 2 is 2.29 bits per heavy atom. The van der Waals surface area contributed by atoms with E-state index >= 15 is 0 Å². The largest absolute Gasteiger partial charge is 0.380 e. The van der Waals surface area contributed by atoms with Crippen molar-refractivity contribution < 1.29 is 13.2 Å². The Kier molecular flexibility index (Phi) is 3.57. The molecule has 1 aliphatic rings. The second-order valence-electron chi connectivity index (χ2n) is 4.85. The Bertz CT molecular complexity index is 757. The molecule has 8 nitrogen and oxygen atoms in total. The molecule has 0 aromatic carbocycles. The van der Waals surface area contributed by atoms with Crippen molar-refractivity contribution in [1.82, 2.24) is 13.7 Å². The van der Waals surface area contributed by atoms with E-state index < -0.39 is 10.0 Å². The van der Waals surface area contributed by atoms with Crippen LogP contribution in [0.2, 0.25) is 0 Å². The predicted molar refractivity (Wildman–Crippen MR) is 77.2 cm³/mol. The molecule has 1 fully saturated rings. The van der Waals surface area contributed by atoms with Gasteiger partial charge in [0.05, 0.1) is 6.10 Å². The third-order valence-corrected chi connectivity index (χ3v) is 5.54. The Morgan fingerprint density at radius 3 is 2.95 bits per heavy atom. The minimum atomic E-state index is -3.70. The van der Waals surface area contributed by atoms with Crippen LogP contribution in [0.1, 0.15) is 6.42 Å². The summed E-state index contributed by atoms with van der Waals surface area (Å²) >= 11 is 0. The maximum Gasteiger partial charge on any atom is 0.263 e. The number of imidazole rings is 1. The van der Waals surface area contributed by atoms with Gasteiger partial charge in [0, 0.05) is 26.4 Å². The van der Waals surface area contributed by atoms with Crippen molar-refractivity contribution in [2.75, 3.05) is 25.6 Å². The highest BCUT2D eigenvalue weighted by molar-refractivity contribution is 7.89. The van der Waals surface area contributed by atoms with E-state index in [1.54, 1.807) is 31.5 Å². The van der Waals surface area contributed by atoms with E-state index in [2.05, 4.69) is 10.4 Å². The topological polar surface area (TPSA) is 102 Å². The number of methoxy groups -OCH3 is 1. The van der Waals surface area contributed by atoms with Gasteiger partial charge in [-0.1, -0.05) is 6.07 Å². The van der Waals surface area contributed by atoms with Crippen molar-refractivity contribution in [2.24, 2.45) is 5.84 Å². The average molecular weight is 311 g/mol. The van der Waals surface area contributed by atoms with Gasteiger partial charge in [-0.15, -0.1) is 0 Å². The minimum Gasteiger partial charge on any atom is -0.380 e. The molecule has 3 rings (SSSR count). The van der Waals surface area contributed by atoms with Crippen LogP contribution >= 0.6 is 0 Å². The van der Waals surface area contributed by atoms with Crippen LogP contribution in [-0.2, 0) is 14.8 Å². The molecular formula is C12H17N5O3S. The Morgan fingerprint density at radius 1 is 1.48 bits per heavy atom. The van der Waals surface area contributed by atoms with Gasteiger partial charge in [0.1, 0.15) is 5.65 Å². The fraction of sp³-hybridized carbons (Fsp3) is 0.417. The van der Waals surface area contributed by atoms with Crippen molar-refractivity contribution in [3.8, 4) is 0 Å². The van der Waals surface area contributed by atoms with Crippen molar-refractivity contribution in [1.29, 1.82) is 0 Å². The van der Waals surface area contributed by atoms with E-state index in [9.17, 15) is 8.42 Å². The van der Waals surface area contributed by atoms with Crippen LogP contribution in [0.15, 0.2) is 29.4 Å². The normalized spacial score (nSPS) is 20.2. The monoisotopic (exact) mass is 311 g/mol. The van der Waals surface area contributed by atoms with Gasteiger partial charge in [-0.25, -0.2) is 19.2 Å². The molecule has 1 unspecified atom stereocenters. The zero-order chi connectivity index (χ0) is 15.0. The van der Waals surface area contributed by atoms with Gasteiger partial charge < -0.3 is 10.2 Å². The van der Waals surface area contributed by atoms with E-state index in [0.29, 0.717) is 25.2 Å². The number of ether oxygens (including phenoxy) is 1. The maximum atomic E-state index is 12.9. The van der Waals surface area contributed by atoms with Gasteiger partial charge in [-0.2, -0.15) is 4.31 Å². The Balaban J connectivity index is 2.10. The Labute approximate surface area is 122 Å². The van der Waals surface area contributed by atoms with Crippen LogP contribution in [0, 0.1) is 0 Å². The number of hydrogen-bond donors (Lipinski definition) is 2. The zero-order valence-corrected chi connectivity index (χ0v) is 12.4. The lowest BCUT2D eigenvalue weighted by molar-refractivity contribution is 0.115. The quantitative estimate of drug-likeness (QED) is 0.610. The third kappa shape index (κ3) is 2.27. The van der Waals surface area contributed by atoms with Gasteiger partial charge >= 0.3 is 0 Å². The predicted octanol–water partition coefficient (Wildman–Crippen LogP) is 0.0293. The first-order valence-corrected chi connectivity index (χ1v) is 7.98. The van der Waals surface area contributed by atoms with Gasteiger partial charge in [-0.05, 0) is 18.6 Å². The van der Waals surface area contributed by atoms with E-state index in [-0.39, 0.29) is 16.9 Å². The standard InChI is InChI=1S/C12H17N5O3S/c1-20-9-5-7-16(8-9)21(18,19)12-11(15-13)14-10-4-2-3-6-17(10)12/h2-4,6,9,15H,5,7-8,13H2,1H3. The molecule has 2 aromatic heterocycles. The highest BCUT2D eigenvalue weighted by Crippen LogP contribution is 2.28. The first kappa shape index (κ1) is 14.3. The van der Waals surface area contributed by atoms with Crippen molar-refractivity contribution in [3.63, 3.8) is 0 Å². The van der Waals surface area contributed by atoms with E-state index in [4.69, 9.17) is 10.6 Å². The summed E-state index contributed by atoms with van der Waals surface area (Å²) in [6, 6.07) is 5.26. The third-order valence-electron chi connectivity index (χ3n) is 3.65. The summed E-state index contributed by atoms with van der Waals surface area (Å²) in [5.74, 6) is 5.57. The molecule has 1 saturated heterocycles. The molecule has 2 aromatic rings. The number of nitrogens with zero attached hydrogens (tertiary/aromatic N) is 3. The molecule has 21 heavy (non-hydrogen) atoms. The smallest absolute Gasteiger partial charge is 0.263 e. The lowest BCUT2D eigenvalue weighted by Crippen LogP contribution is -2.31. The van der Waals surface area contributed by atoms with E-state index in [1.165, 1.54) is 8.71 Å². The van der Waals surface area contributed by atoms with Crippen LogP contribution in [0.4, 0.5) is 5.82 Å². The highest BCUT2D eigenvalue weighted by Gasteiger charge is 2.36. The van der Waals surface area contributed by atoms with E-state index in [0.717, 1.165) is 0 Å². The van der Waals surface area contributed by atoms with Gasteiger partial charge in [-0.3, -0.25) is 4.40 Å². The number of aromatic nitrogens is 2. The molecule has 0 saturated carbocycles. The van der Waals surface area contributed by atoms with Gasteiger partial charge in [0.2, 0.25) is 5.03 Å². The van der Waals surface area contributed by atoms with Crippen LogP contribution in [0.25, 0.3) is 5.65 Å². The second kappa shape index (κ2) is 5.26. The number of fused-ring (bicyclic) bond motifs is 1. The van der Waals surface area contributed by atoms with Crippen LogP contribution in [0.5, 0.6) is 0 Å². The molecule has 9 heteroatoms. The van der Waals surface area contributed by atoms with Crippen LogP contribution in [-0.4, -0.2) is 48.4 Å². The molecule has 0 amide bonds. The molecule has 0 bridgehead atoms.